The molecule has 0 spiro atoms. The summed E-state index contributed by atoms with van der Waals surface area (Å²) >= 11 is 0. The fraction of sp³-hybridized carbons (Fsp3) is 0.176. The molecule has 0 aliphatic carbocycles. The minimum Gasteiger partial charge on any atom is -0.478 e. The lowest BCUT2D eigenvalue weighted by atomic mass is 10.1. The zero-order chi connectivity index (χ0) is 15.5. The maximum atomic E-state index is 12.2. The van der Waals surface area contributed by atoms with Crippen molar-refractivity contribution in [3.05, 3.63) is 65.2 Å². The van der Waals surface area contributed by atoms with Gasteiger partial charge in [-0.1, -0.05) is 36.4 Å². The number of benzene rings is 2. The van der Waals surface area contributed by atoms with E-state index in [0.717, 1.165) is 11.1 Å². The molecule has 1 amide bonds. The molecule has 112 valence electrons. The van der Waals surface area contributed by atoms with Crippen LogP contribution in [0.15, 0.2) is 48.5 Å². The zero-order valence-corrected chi connectivity index (χ0v) is 11.9. The van der Waals surface area contributed by atoms with Crippen molar-refractivity contribution < 1.29 is 19.4 Å². The lowest BCUT2D eigenvalue weighted by Gasteiger charge is -2.17. The van der Waals surface area contributed by atoms with Crippen LogP contribution in [0.3, 0.4) is 0 Å². The van der Waals surface area contributed by atoms with E-state index in [1.165, 1.54) is 11.0 Å². The van der Waals surface area contributed by atoms with Gasteiger partial charge < -0.3 is 9.84 Å². The van der Waals surface area contributed by atoms with E-state index in [1.54, 1.807) is 12.1 Å². The maximum Gasteiger partial charge on any atom is 0.414 e. The average molecular weight is 297 g/mol. The molecule has 22 heavy (non-hydrogen) atoms. The van der Waals surface area contributed by atoms with Gasteiger partial charge in [-0.05, 0) is 29.7 Å². The number of carboxylic acid groups (broad SMARTS) is 1. The minimum atomic E-state index is -1.01. The molecular weight excluding hydrogens is 282 g/mol. The number of carbonyl (C=O) groups is 2. The first-order valence-corrected chi connectivity index (χ1v) is 6.99. The Morgan fingerprint density at radius 3 is 2.64 bits per heavy atom. The highest BCUT2D eigenvalue weighted by molar-refractivity contribution is 5.94. The van der Waals surface area contributed by atoms with E-state index in [1.807, 2.05) is 30.3 Å². The monoisotopic (exact) mass is 297 g/mol. The first-order valence-electron chi connectivity index (χ1n) is 6.99. The maximum absolute atomic E-state index is 12.2. The fourth-order valence-corrected chi connectivity index (χ4v) is 2.50. The van der Waals surface area contributed by atoms with E-state index < -0.39 is 12.1 Å². The largest absolute Gasteiger partial charge is 0.478 e. The smallest absolute Gasteiger partial charge is 0.414 e. The van der Waals surface area contributed by atoms with Crippen molar-refractivity contribution in [3.8, 4) is 0 Å². The van der Waals surface area contributed by atoms with Crippen molar-refractivity contribution in [2.45, 2.75) is 13.0 Å². The van der Waals surface area contributed by atoms with Gasteiger partial charge in [0.25, 0.3) is 0 Å². The lowest BCUT2D eigenvalue weighted by molar-refractivity contribution is 0.0696. The van der Waals surface area contributed by atoms with Gasteiger partial charge in [-0.15, -0.1) is 0 Å². The highest BCUT2D eigenvalue weighted by Crippen LogP contribution is 2.29. The van der Waals surface area contributed by atoms with Crippen LogP contribution < -0.4 is 4.90 Å². The number of nitrogens with zero attached hydrogens (tertiary/aromatic N) is 1. The molecule has 5 nitrogen and oxygen atoms in total. The second-order valence-corrected chi connectivity index (χ2v) is 5.09. The molecule has 0 radical (unpaired) electrons. The molecule has 1 heterocycles. The van der Waals surface area contributed by atoms with Crippen LogP contribution in [0.1, 0.15) is 21.5 Å². The molecule has 0 atom stereocenters. The van der Waals surface area contributed by atoms with Gasteiger partial charge in [-0.3, -0.25) is 4.90 Å². The molecule has 2 aromatic rings. The topological polar surface area (TPSA) is 66.8 Å². The summed E-state index contributed by atoms with van der Waals surface area (Å²) < 4.78 is 5.31. The van der Waals surface area contributed by atoms with Gasteiger partial charge in [0, 0.05) is 6.54 Å². The van der Waals surface area contributed by atoms with E-state index in [-0.39, 0.29) is 12.2 Å². The second-order valence-electron chi connectivity index (χ2n) is 5.09. The van der Waals surface area contributed by atoms with Crippen LogP contribution in [0.25, 0.3) is 0 Å². The number of ether oxygens (including phenoxy) is 1. The number of rotatable bonds is 3. The summed E-state index contributed by atoms with van der Waals surface area (Å²) in [6, 6.07) is 14.3. The van der Waals surface area contributed by atoms with E-state index >= 15 is 0 Å². The van der Waals surface area contributed by atoms with Gasteiger partial charge in [0.2, 0.25) is 0 Å². The number of amides is 1. The number of hydrogen-bond donors (Lipinski definition) is 1. The molecule has 1 N–H and O–H groups in total. The summed E-state index contributed by atoms with van der Waals surface area (Å²) in [5.74, 6) is -1.01. The molecule has 0 saturated carbocycles. The Kier molecular flexibility index (Phi) is 3.78. The standard InChI is InChI=1S/C17H15NO4/c19-16(20)14-7-6-13-8-9-18(15(13)10-14)17(21)22-11-12-4-2-1-3-5-12/h1-7,10H,8-9,11H2,(H,19,20). The number of fused-ring (bicyclic) bond motifs is 1. The summed E-state index contributed by atoms with van der Waals surface area (Å²) in [6.07, 6.45) is 0.250. The minimum absolute atomic E-state index is 0.168. The van der Waals surface area contributed by atoms with Crippen LogP contribution in [0.5, 0.6) is 0 Å². The number of carbonyl (C=O) groups excluding carboxylic acids is 1. The molecule has 0 aromatic heterocycles. The fourth-order valence-electron chi connectivity index (χ4n) is 2.50. The van der Waals surface area contributed by atoms with Gasteiger partial charge in [-0.25, -0.2) is 9.59 Å². The third-order valence-electron chi connectivity index (χ3n) is 3.65. The first-order chi connectivity index (χ1) is 10.6. The highest BCUT2D eigenvalue weighted by Gasteiger charge is 2.26. The molecule has 0 bridgehead atoms. The molecule has 5 heteroatoms. The van der Waals surface area contributed by atoms with Crippen LogP contribution in [0, 0.1) is 0 Å². The summed E-state index contributed by atoms with van der Waals surface area (Å²) in [7, 11) is 0. The average Bonchev–Trinajstić information content (AvgIpc) is 2.96. The van der Waals surface area contributed by atoms with E-state index in [9.17, 15) is 9.59 Å². The van der Waals surface area contributed by atoms with Crippen LogP contribution in [0.4, 0.5) is 10.5 Å². The van der Waals surface area contributed by atoms with E-state index in [2.05, 4.69) is 0 Å². The summed E-state index contributed by atoms with van der Waals surface area (Å²) in [5.41, 5.74) is 2.66. The summed E-state index contributed by atoms with van der Waals surface area (Å²) in [5, 5.41) is 9.06. The van der Waals surface area contributed by atoms with E-state index in [4.69, 9.17) is 9.84 Å². The molecule has 2 aromatic carbocycles. The van der Waals surface area contributed by atoms with Crippen LogP contribution in [-0.2, 0) is 17.8 Å². The highest BCUT2D eigenvalue weighted by atomic mass is 16.6. The van der Waals surface area contributed by atoms with Gasteiger partial charge >= 0.3 is 12.1 Å². The van der Waals surface area contributed by atoms with Gasteiger partial charge in [-0.2, -0.15) is 0 Å². The van der Waals surface area contributed by atoms with Crippen molar-refractivity contribution in [2.24, 2.45) is 0 Å². The van der Waals surface area contributed by atoms with Crippen molar-refractivity contribution in [3.63, 3.8) is 0 Å². The normalized spacial score (nSPS) is 12.8. The van der Waals surface area contributed by atoms with Gasteiger partial charge in [0.05, 0.1) is 11.3 Å². The zero-order valence-electron chi connectivity index (χ0n) is 11.9. The van der Waals surface area contributed by atoms with Crippen LogP contribution >= 0.6 is 0 Å². The predicted octanol–water partition coefficient (Wildman–Crippen LogP) is 3.08. The first kappa shape index (κ1) is 14.1. The Hall–Kier alpha value is -2.82. The molecule has 3 rings (SSSR count). The van der Waals surface area contributed by atoms with E-state index in [0.29, 0.717) is 18.7 Å². The number of hydrogen-bond acceptors (Lipinski definition) is 3. The van der Waals surface area contributed by atoms with Crippen molar-refractivity contribution in [2.75, 3.05) is 11.4 Å². The Morgan fingerprint density at radius 2 is 1.91 bits per heavy atom. The van der Waals surface area contributed by atoms with Crippen LogP contribution in [-0.4, -0.2) is 23.7 Å². The van der Waals surface area contributed by atoms with Crippen molar-refractivity contribution in [1.82, 2.24) is 0 Å². The van der Waals surface area contributed by atoms with Gasteiger partial charge in [0.1, 0.15) is 6.61 Å². The number of anilines is 1. The number of aromatic carboxylic acids is 1. The SMILES string of the molecule is O=C(O)c1ccc2c(c1)N(C(=O)OCc1ccccc1)CC2. The molecule has 1 aliphatic rings. The molecule has 1 aliphatic heterocycles. The molecule has 0 saturated heterocycles. The number of carboxylic acids is 1. The molecular formula is C17H15NO4. The quantitative estimate of drug-likeness (QED) is 0.945. The summed E-state index contributed by atoms with van der Waals surface area (Å²) in [6.45, 7) is 0.705. The van der Waals surface area contributed by atoms with Gasteiger partial charge in [0.15, 0.2) is 0 Å². The summed E-state index contributed by atoms with van der Waals surface area (Å²) in [4.78, 5) is 24.8. The van der Waals surface area contributed by atoms with Crippen LogP contribution in [0.2, 0.25) is 0 Å². The van der Waals surface area contributed by atoms with Crippen molar-refractivity contribution >= 4 is 17.7 Å². The Labute approximate surface area is 127 Å². The molecule has 0 unspecified atom stereocenters. The van der Waals surface area contributed by atoms with Crippen molar-refractivity contribution in [1.29, 1.82) is 0 Å². The Balaban J connectivity index is 1.73. The Bertz CT molecular complexity index is 712. The third-order valence-corrected chi connectivity index (χ3v) is 3.65. The molecule has 0 fully saturated rings. The lowest BCUT2D eigenvalue weighted by Crippen LogP contribution is -2.29. The Morgan fingerprint density at radius 1 is 1.14 bits per heavy atom. The second kappa shape index (κ2) is 5.89. The predicted molar refractivity (Wildman–Crippen MR) is 81.1 cm³/mol. The third kappa shape index (κ3) is 2.79.